The van der Waals surface area contributed by atoms with Gasteiger partial charge in [-0.1, -0.05) is 78.3 Å². The first-order valence-electron chi connectivity index (χ1n) is 12.5. The SMILES string of the molecule is O=CC(Cc1ccc(Cl)cc1)NC(=O)/C(=C\c1ccc(-c2ccccc2)cc1)NC(=O)c1ccc(C(F)(F)F)cc1. The topological polar surface area (TPSA) is 75.3 Å². The predicted octanol–water partition coefficient (Wildman–Crippen LogP) is 6.72. The molecule has 41 heavy (non-hydrogen) atoms. The van der Waals surface area contributed by atoms with Crippen molar-refractivity contribution in [2.75, 3.05) is 0 Å². The van der Waals surface area contributed by atoms with Crippen molar-refractivity contribution in [1.82, 2.24) is 10.6 Å². The van der Waals surface area contributed by atoms with Crippen LogP contribution in [0.4, 0.5) is 13.2 Å². The molecule has 0 spiro atoms. The van der Waals surface area contributed by atoms with Crippen molar-refractivity contribution in [3.8, 4) is 11.1 Å². The van der Waals surface area contributed by atoms with Gasteiger partial charge in [-0.25, -0.2) is 0 Å². The summed E-state index contributed by atoms with van der Waals surface area (Å²) in [6.07, 6.45) is -2.37. The molecule has 1 atom stereocenters. The molecule has 0 saturated carbocycles. The summed E-state index contributed by atoms with van der Waals surface area (Å²) in [7, 11) is 0. The summed E-state index contributed by atoms with van der Waals surface area (Å²) in [4.78, 5) is 38.0. The zero-order valence-corrected chi connectivity index (χ0v) is 22.2. The maximum absolute atomic E-state index is 13.3. The predicted molar refractivity (Wildman–Crippen MR) is 152 cm³/mol. The lowest BCUT2D eigenvalue weighted by molar-refractivity contribution is -0.137. The fraction of sp³-hybridized carbons (Fsp3) is 0.0938. The number of nitrogens with one attached hydrogen (secondary N) is 2. The molecular formula is C32H24ClF3N2O3. The molecule has 0 aliphatic heterocycles. The summed E-state index contributed by atoms with van der Waals surface area (Å²) in [5.74, 6) is -1.54. The second kappa shape index (κ2) is 13.1. The zero-order valence-electron chi connectivity index (χ0n) is 21.5. The molecule has 0 radical (unpaired) electrons. The van der Waals surface area contributed by atoms with Gasteiger partial charge in [-0.05, 0) is 71.1 Å². The van der Waals surface area contributed by atoms with Crippen LogP contribution >= 0.6 is 11.6 Å². The molecule has 9 heteroatoms. The van der Waals surface area contributed by atoms with E-state index in [1.54, 1.807) is 36.4 Å². The van der Waals surface area contributed by atoms with Crippen molar-refractivity contribution in [2.45, 2.75) is 18.6 Å². The van der Waals surface area contributed by atoms with E-state index in [-0.39, 0.29) is 17.7 Å². The molecule has 2 amide bonds. The van der Waals surface area contributed by atoms with E-state index in [9.17, 15) is 27.6 Å². The van der Waals surface area contributed by atoms with Crippen molar-refractivity contribution >= 4 is 35.8 Å². The van der Waals surface area contributed by atoms with Crippen LogP contribution in [0.5, 0.6) is 0 Å². The third-order valence-corrected chi connectivity index (χ3v) is 6.40. The summed E-state index contributed by atoms with van der Waals surface area (Å²) in [6, 6.07) is 26.3. The molecule has 208 valence electrons. The average molecular weight is 577 g/mol. The highest BCUT2D eigenvalue weighted by Crippen LogP contribution is 2.29. The van der Waals surface area contributed by atoms with E-state index < -0.39 is 29.6 Å². The highest BCUT2D eigenvalue weighted by molar-refractivity contribution is 6.30. The van der Waals surface area contributed by atoms with Crippen LogP contribution in [-0.4, -0.2) is 24.1 Å². The van der Waals surface area contributed by atoms with Crippen molar-refractivity contribution < 1.29 is 27.6 Å². The first kappa shape index (κ1) is 29.3. The highest BCUT2D eigenvalue weighted by atomic mass is 35.5. The number of hydrogen-bond acceptors (Lipinski definition) is 3. The monoisotopic (exact) mass is 576 g/mol. The van der Waals surface area contributed by atoms with E-state index >= 15 is 0 Å². The normalized spacial score (nSPS) is 12.3. The highest BCUT2D eigenvalue weighted by Gasteiger charge is 2.30. The van der Waals surface area contributed by atoms with Gasteiger partial charge >= 0.3 is 6.18 Å². The molecule has 4 rings (SSSR count). The zero-order chi connectivity index (χ0) is 29.4. The Balaban J connectivity index is 1.58. The van der Waals surface area contributed by atoms with Crippen molar-refractivity contribution in [3.05, 3.63) is 136 Å². The molecule has 4 aromatic carbocycles. The minimum absolute atomic E-state index is 0.0794. The van der Waals surface area contributed by atoms with Gasteiger partial charge in [-0.2, -0.15) is 13.2 Å². The fourth-order valence-corrected chi connectivity index (χ4v) is 4.11. The van der Waals surface area contributed by atoms with E-state index in [1.165, 1.54) is 6.08 Å². The Morgan fingerprint density at radius 2 is 1.41 bits per heavy atom. The molecule has 0 bridgehead atoms. The van der Waals surface area contributed by atoms with E-state index in [1.807, 2.05) is 42.5 Å². The number of amides is 2. The van der Waals surface area contributed by atoms with E-state index in [0.717, 1.165) is 41.0 Å². The minimum Gasteiger partial charge on any atom is -0.341 e. The van der Waals surface area contributed by atoms with Gasteiger partial charge in [0.05, 0.1) is 11.6 Å². The number of carbonyl (C=O) groups is 3. The Morgan fingerprint density at radius 1 is 0.805 bits per heavy atom. The third kappa shape index (κ3) is 8.16. The second-order valence-electron chi connectivity index (χ2n) is 9.12. The first-order chi connectivity index (χ1) is 19.6. The second-order valence-corrected chi connectivity index (χ2v) is 9.56. The summed E-state index contributed by atoms with van der Waals surface area (Å²) in [6.45, 7) is 0. The van der Waals surface area contributed by atoms with E-state index in [4.69, 9.17) is 11.6 Å². The molecule has 1 unspecified atom stereocenters. The number of alkyl halides is 3. The van der Waals surface area contributed by atoms with Crippen LogP contribution in [0.15, 0.2) is 109 Å². The lowest BCUT2D eigenvalue weighted by Crippen LogP contribution is -2.42. The molecule has 5 nitrogen and oxygen atoms in total. The van der Waals surface area contributed by atoms with Crippen molar-refractivity contribution in [2.24, 2.45) is 0 Å². The lowest BCUT2D eigenvalue weighted by atomic mass is 10.0. The van der Waals surface area contributed by atoms with Crippen molar-refractivity contribution in [1.29, 1.82) is 0 Å². The smallest absolute Gasteiger partial charge is 0.341 e. The molecule has 2 N–H and O–H groups in total. The molecular weight excluding hydrogens is 553 g/mol. The summed E-state index contributed by atoms with van der Waals surface area (Å²) < 4.78 is 38.8. The van der Waals surface area contributed by atoms with Gasteiger partial charge in [-0.3, -0.25) is 9.59 Å². The molecule has 0 fully saturated rings. The Labute approximate surface area is 239 Å². The Hall–Kier alpha value is -4.69. The van der Waals surface area contributed by atoms with E-state index in [0.29, 0.717) is 16.9 Å². The number of carbonyl (C=O) groups excluding carboxylic acids is 3. The third-order valence-electron chi connectivity index (χ3n) is 6.15. The molecule has 0 aromatic heterocycles. The van der Waals surface area contributed by atoms with Gasteiger partial charge < -0.3 is 15.4 Å². The van der Waals surface area contributed by atoms with Gasteiger partial charge in [0.25, 0.3) is 11.8 Å². The summed E-state index contributed by atoms with van der Waals surface area (Å²) in [5.41, 5.74) is 2.08. The summed E-state index contributed by atoms with van der Waals surface area (Å²) in [5, 5.41) is 5.61. The average Bonchev–Trinajstić information content (AvgIpc) is 2.98. The van der Waals surface area contributed by atoms with Gasteiger partial charge in [0.15, 0.2) is 0 Å². The fourth-order valence-electron chi connectivity index (χ4n) is 3.99. The molecule has 0 aliphatic rings. The van der Waals surface area contributed by atoms with Crippen LogP contribution in [-0.2, 0) is 22.2 Å². The summed E-state index contributed by atoms with van der Waals surface area (Å²) >= 11 is 5.92. The number of benzene rings is 4. The standard InChI is InChI=1S/C32H24ClF3N2O3/c33-27-16-8-21(9-17-27)18-28(20-39)37-31(41)29(38-30(40)25-12-14-26(15-13-25)32(34,35)36)19-22-6-10-24(11-7-22)23-4-2-1-3-5-23/h1-17,19-20,28H,18H2,(H,37,41)(H,38,40)/b29-19+. The van der Waals surface area contributed by atoms with E-state index in [2.05, 4.69) is 10.6 Å². The van der Waals surface area contributed by atoms with Crippen LogP contribution in [0.1, 0.15) is 27.0 Å². The van der Waals surface area contributed by atoms with Gasteiger partial charge in [0, 0.05) is 10.6 Å². The van der Waals surface area contributed by atoms with Gasteiger partial charge in [0.2, 0.25) is 0 Å². The molecule has 0 heterocycles. The van der Waals surface area contributed by atoms with Crippen LogP contribution in [0.3, 0.4) is 0 Å². The molecule has 0 saturated heterocycles. The quantitative estimate of drug-likeness (QED) is 0.171. The van der Waals surface area contributed by atoms with Gasteiger partial charge in [-0.15, -0.1) is 0 Å². The largest absolute Gasteiger partial charge is 0.416 e. The van der Waals surface area contributed by atoms with Crippen LogP contribution < -0.4 is 10.6 Å². The van der Waals surface area contributed by atoms with Crippen LogP contribution in [0, 0.1) is 0 Å². The number of halogens is 4. The molecule has 4 aromatic rings. The van der Waals surface area contributed by atoms with Gasteiger partial charge in [0.1, 0.15) is 12.0 Å². The van der Waals surface area contributed by atoms with Crippen LogP contribution in [0.25, 0.3) is 17.2 Å². The Kier molecular flexibility index (Phi) is 9.37. The minimum atomic E-state index is -4.56. The van der Waals surface area contributed by atoms with Crippen LogP contribution in [0.2, 0.25) is 5.02 Å². The lowest BCUT2D eigenvalue weighted by Gasteiger charge is -2.16. The maximum Gasteiger partial charge on any atom is 0.416 e. The number of hydrogen-bond donors (Lipinski definition) is 2. The Morgan fingerprint density at radius 3 is 2.00 bits per heavy atom. The first-order valence-corrected chi connectivity index (χ1v) is 12.9. The Bertz CT molecular complexity index is 1530. The van der Waals surface area contributed by atoms with Crippen molar-refractivity contribution in [3.63, 3.8) is 0 Å². The number of aldehydes is 1. The number of rotatable bonds is 9. The molecule has 0 aliphatic carbocycles. The maximum atomic E-state index is 13.3.